The zero-order valence-electron chi connectivity index (χ0n) is 5.34. The van der Waals surface area contributed by atoms with E-state index in [1.165, 1.54) is 0 Å². The summed E-state index contributed by atoms with van der Waals surface area (Å²) in [6.07, 6.45) is 0. The van der Waals surface area contributed by atoms with Crippen LogP contribution >= 0.6 is 0 Å². The van der Waals surface area contributed by atoms with Crippen LogP contribution in [0.5, 0.6) is 0 Å². The van der Waals surface area contributed by atoms with Gasteiger partial charge < -0.3 is 43.8 Å². The van der Waals surface area contributed by atoms with Crippen molar-refractivity contribution in [1.82, 2.24) is 0 Å². The first-order chi connectivity index (χ1) is 0. The summed E-state index contributed by atoms with van der Waals surface area (Å²) in [5.74, 6) is 0. The maximum absolute atomic E-state index is 0. The van der Waals surface area contributed by atoms with Crippen molar-refractivity contribution in [2.24, 2.45) is 0 Å². The van der Waals surface area contributed by atoms with Gasteiger partial charge in [-0.05, 0) is 0 Å². The van der Waals surface area contributed by atoms with E-state index in [4.69, 9.17) is 0 Å². The van der Waals surface area contributed by atoms with E-state index >= 15 is 0 Å². The van der Waals surface area contributed by atoms with Gasteiger partial charge in [-0.2, -0.15) is 0 Å². The average Bonchev–Trinajstić information content (AvgIpc) is 0. The van der Waals surface area contributed by atoms with Gasteiger partial charge in [0.15, 0.2) is 0 Å². The Morgan fingerprint density at radius 3 is 0.182 bits per heavy atom. The third-order valence-corrected chi connectivity index (χ3v) is 0. The molecule has 79 valence electrons. The molecule has 0 heterocycles. The fraction of sp³-hybridized carbons (Fsp3) is 0. The summed E-state index contributed by atoms with van der Waals surface area (Å²) in [6, 6.07) is 0. The molecule has 3 radical (unpaired) electrons. The van der Waals surface area contributed by atoms with Gasteiger partial charge >= 0.3 is 0 Å². The fourth-order valence-electron chi connectivity index (χ4n) is 0. The topological polar surface area (TPSA) is 252 Å². The quantitative estimate of drug-likeness (QED) is 0.404. The molecule has 0 fully saturated rings. The zero-order valence-corrected chi connectivity index (χ0v) is 9.53. The van der Waals surface area contributed by atoms with Crippen LogP contribution in [0.25, 0.3) is 0 Å². The Morgan fingerprint density at radius 1 is 0.182 bits per heavy atom. The van der Waals surface area contributed by atoms with Gasteiger partial charge in [-0.25, -0.2) is 0 Å². The molecule has 8 nitrogen and oxygen atoms in total. The summed E-state index contributed by atoms with van der Waals surface area (Å²) in [7, 11) is 0. The number of hydrogen-bond donors (Lipinski definition) is 0. The standard InChI is InChI=1S/8H2O.3V/h8*1H2;;;. The van der Waals surface area contributed by atoms with Crippen molar-refractivity contribution in [2.45, 2.75) is 0 Å². The fourth-order valence-corrected chi connectivity index (χ4v) is 0. The van der Waals surface area contributed by atoms with E-state index in [9.17, 15) is 0 Å². The molecule has 11 heteroatoms. The molecule has 11 heavy (non-hydrogen) atoms. The Labute approximate surface area is 99.2 Å². The molecule has 0 bridgehead atoms. The van der Waals surface area contributed by atoms with Gasteiger partial charge in [0.2, 0.25) is 0 Å². The number of rotatable bonds is 0. The maximum atomic E-state index is 0. The Bertz CT molecular complexity index is 9.30. The van der Waals surface area contributed by atoms with Crippen molar-refractivity contribution in [1.29, 1.82) is 0 Å². The Morgan fingerprint density at radius 2 is 0.182 bits per heavy atom. The minimum absolute atomic E-state index is 0. The van der Waals surface area contributed by atoms with Gasteiger partial charge in [0.25, 0.3) is 0 Å². The number of hydrogen-bond acceptors (Lipinski definition) is 0. The van der Waals surface area contributed by atoms with E-state index in [1.807, 2.05) is 0 Å². The van der Waals surface area contributed by atoms with E-state index in [-0.39, 0.29) is 99.5 Å². The molecule has 0 amide bonds. The summed E-state index contributed by atoms with van der Waals surface area (Å²) in [5, 5.41) is 0. The van der Waals surface area contributed by atoms with Gasteiger partial charge in [-0.1, -0.05) is 0 Å². The molecule has 0 rings (SSSR count). The van der Waals surface area contributed by atoms with Crippen LogP contribution in [0.2, 0.25) is 0 Å². The van der Waals surface area contributed by atoms with Gasteiger partial charge in [0.05, 0.1) is 0 Å². The maximum Gasteiger partial charge on any atom is 0 e. The van der Waals surface area contributed by atoms with Crippen LogP contribution in [-0.2, 0) is 55.7 Å². The van der Waals surface area contributed by atoms with Crippen molar-refractivity contribution in [3.8, 4) is 0 Å². The first kappa shape index (κ1) is 791. The predicted molar refractivity (Wildman–Crippen MR) is 28.9 cm³/mol. The normalized spacial score (nSPS) is 0. The van der Waals surface area contributed by atoms with Crippen LogP contribution in [0.3, 0.4) is 0 Å². The molecule has 0 spiro atoms. The van der Waals surface area contributed by atoms with Crippen LogP contribution in [0.4, 0.5) is 0 Å². The van der Waals surface area contributed by atoms with Crippen LogP contribution in [0, 0.1) is 0 Å². The van der Waals surface area contributed by atoms with Crippen LogP contribution in [0.15, 0.2) is 0 Å². The largest absolute Gasteiger partial charge is 0.412 e. The minimum Gasteiger partial charge on any atom is -0.412 e. The van der Waals surface area contributed by atoms with Gasteiger partial charge in [0.1, 0.15) is 0 Å². The zero-order chi connectivity index (χ0) is 0. The van der Waals surface area contributed by atoms with Crippen molar-refractivity contribution >= 4 is 0 Å². The molecule has 0 unspecified atom stereocenters. The second-order valence-corrected chi connectivity index (χ2v) is 0. The molecular weight excluding hydrogens is 281 g/mol. The van der Waals surface area contributed by atoms with Crippen LogP contribution < -0.4 is 0 Å². The third-order valence-electron chi connectivity index (χ3n) is 0. The van der Waals surface area contributed by atoms with Gasteiger partial charge in [-0.15, -0.1) is 0 Å². The third kappa shape index (κ3) is 495. The molecule has 16 N–H and O–H groups in total. The average molecular weight is 297 g/mol. The molecule has 0 saturated carbocycles. The van der Waals surface area contributed by atoms with E-state index in [2.05, 4.69) is 0 Å². The molecule has 0 aliphatic rings. The Balaban J connectivity index is 0. The first-order valence-corrected chi connectivity index (χ1v) is 0. The van der Waals surface area contributed by atoms with E-state index < -0.39 is 0 Å². The predicted octanol–water partition coefficient (Wildman–Crippen LogP) is -6.61. The summed E-state index contributed by atoms with van der Waals surface area (Å²) in [6.45, 7) is 0. The van der Waals surface area contributed by atoms with E-state index in [1.54, 1.807) is 0 Å². The first-order valence-electron chi connectivity index (χ1n) is 0. The van der Waals surface area contributed by atoms with Crippen LogP contribution in [-0.4, -0.2) is 43.8 Å². The monoisotopic (exact) mass is 297 g/mol. The van der Waals surface area contributed by atoms with E-state index in [0.717, 1.165) is 0 Å². The molecule has 0 saturated heterocycles. The Hall–Kier alpha value is 1.43. The second kappa shape index (κ2) is 606. The second-order valence-electron chi connectivity index (χ2n) is 0. The minimum atomic E-state index is 0. The molecular formula is H16O8V3. The van der Waals surface area contributed by atoms with Crippen molar-refractivity contribution in [3.63, 3.8) is 0 Å². The summed E-state index contributed by atoms with van der Waals surface area (Å²) < 4.78 is 0. The van der Waals surface area contributed by atoms with Gasteiger partial charge in [-0.3, -0.25) is 0 Å². The summed E-state index contributed by atoms with van der Waals surface area (Å²) in [4.78, 5) is 0. The molecule has 0 aliphatic carbocycles. The van der Waals surface area contributed by atoms with Crippen molar-refractivity contribution in [2.75, 3.05) is 0 Å². The van der Waals surface area contributed by atoms with Crippen molar-refractivity contribution < 1.29 is 99.5 Å². The smallest absolute Gasteiger partial charge is 0 e. The summed E-state index contributed by atoms with van der Waals surface area (Å²) >= 11 is 0. The molecule has 0 aliphatic heterocycles. The SMILES string of the molecule is O.O.O.O.O.O.O.O.[V].[V].[V]. The van der Waals surface area contributed by atoms with Crippen LogP contribution in [0.1, 0.15) is 0 Å². The molecule has 0 aromatic heterocycles. The van der Waals surface area contributed by atoms with Gasteiger partial charge in [0, 0.05) is 55.7 Å². The summed E-state index contributed by atoms with van der Waals surface area (Å²) in [5.41, 5.74) is 0. The molecule has 0 aromatic carbocycles. The van der Waals surface area contributed by atoms with E-state index in [0.29, 0.717) is 0 Å². The van der Waals surface area contributed by atoms with Crippen molar-refractivity contribution in [3.05, 3.63) is 0 Å². The molecule has 0 aromatic rings. The Kier molecular flexibility index (Phi) is 43600. The molecule has 0 atom stereocenters.